The van der Waals surface area contributed by atoms with Gasteiger partial charge >= 0.3 is 0 Å². The summed E-state index contributed by atoms with van der Waals surface area (Å²) in [4.78, 5) is 14.0. The largest absolute Gasteiger partial charge is 0.394 e. The molecular formula is C40H58O11. The van der Waals surface area contributed by atoms with Gasteiger partial charge in [0.25, 0.3) is 0 Å². The molecular weight excluding hydrogens is 656 g/mol. The van der Waals surface area contributed by atoms with Gasteiger partial charge < -0.3 is 48.1 Å². The predicted molar refractivity (Wildman–Crippen MR) is 183 cm³/mol. The van der Waals surface area contributed by atoms with Crippen molar-refractivity contribution in [3.05, 3.63) is 24.3 Å². The second kappa shape index (κ2) is 13.8. The zero-order chi connectivity index (χ0) is 35.2. The van der Waals surface area contributed by atoms with Crippen molar-refractivity contribution >= 4 is 5.78 Å². The summed E-state index contributed by atoms with van der Waals surface area (Å²) in [5, 5.41) is 20.0. The third-order valence-electron chi connectivity index (χ3n) is 14.1. The normalized spacial score (nSPS) is 53.2. The van der Waals surface area contributed by atoms with Crippen molar-refractivity contribution in [1.29, 1.82) is 0 Å². The molecule has 0 radical (unpaired) electrons. The minimum atomic E-state index is -0.872. The summed E-state index contributed by atoms with van der Waals surface area (Å²) in [6.07, 6.45) is 5.65. The topological polar surface area (TPSA) is 131 Å². The molecule has 0 amide bonds. The quantitative estimate of drug-likeness (QED) is 0.410. The van der Waals surface area contributed by atoms with E-state index in [1.165, 1.54) is 0 Å². The standard InChI is InChI=1S/C40H58O11/c1-19-11-25-5-7-29-20(2)12-27(44-29)9-10-40-17-34-36(50-40)37-38(49-34)39(51-40)35-30(48-37)8-6-26(46-35)13-23(42)14-28-22(4)31(15-24(43)18-41)47-33(28)16-32(45-25)21(19)3/h19,22,24-39,41,43H,2-3,5-18H2,1,4H3/t19-,22-,24+,25+,26-,27+,28?,29+,30+,31-,32?,33+,34-,35+,36+,37+,38-,39?,40+/m1/s1. The van der Waals surface area contributed by atoms with Crippen LogP contribution in [0.25, 0.3) is 0 Å². The van der Waals surface area contributed by atoms with Gasteiger partial charge in [0.2, 0.25) is 0 Å². The molecule has 51 heavy (non-hydrogen) atoms. The Bertz CT molecular complexity index is 1360. The first-order chi connectivity index (χ1) is 24.6. The lowest BCUT2D eigenvalue weighted by atomic mass is 9.79. The third-order valence-corrected chi connectivity index (χ3v) is 14.1. The number of rotatable bonds is 3. The number of carbonyl (C=O) groups is 1. The number of Topliss-reactive ketones (excluding diaryl/α,β-unsaturated/α-hetero) is 1. The average Bonchev–Trinajstić information content (AvgIpc) is 3.77. The van der Waals surface area contributed by atoms with E-state index in [2.05, 4.69) is 27.0 Å². The van der Waals surface area contributed by atoms with E-state index in [1.54, 1.807) is 0 Å². The van der Waals surface area contributed by atoms with Crippen LogP contribution in [0.4, 0.5) is 0 Å². The molecule has 19 atom stereocenters. The predicted octanol–water partition coefficient (Wildman–Crippen LogP) is 4.09. The van der Waals surface area contributed by atoms with Crippen molar-refractivity contribution in [2.24, 2.45) is 17.8 Å². The van der Waals surface area contributed by atoms with Crippen molar-refractivity contribution in [3.8, 4) is 0 Å². The Labute approximate surface area is 301 Å². The van der Waals surface area contributed by atoms with Crippen LogP contribution in [-0.4, -0.2) is 120 Å². The molecule has 284 valence electrons. The van der Waals surface area contributed by atoms with Crippen LogP contribution in [0.1, 0.15) is 97.3 Å². The molecule has 0 saturated carbocycles. The fraction of sp³-hybridized carbons (Fsp3) is 0.875. The third kappa shape index (κ3) is 6.53. The molecule has 0 aromatic heterocycles. The lowest BCUT2D eigenvalue weighted by molar-refractivity contribution is -0.292. The van der Waals surface area contributed by atoms with E-state index >= 15 is 0 Å². The highest BCUT2D eigenvalue weighted by Crippen LogP contribution is 2.54. The molecule has 3 unspecified atom stereocenters. The molecule has 0 aromatic carbocycles. The molecule has 12 bridgehead atoms. The van der Waals surface area contributed by atoms with Gasteiger partial charge in [-0.3, -0.25) is 4.79 Å². The highest BCUT2D eigenvalue weighted by Gasteiger charge is 2.68. The molecule has 10 heterocycles. The zero-order valence-electron chi connectivity index (χ0n) is 30.3. The van der Waals surface area contributed by atoms with Crippen molar-refractivity contribution in [3.63, 3.8) is 0 Å². The molecule has 11 nitrogen and oxygen atoms in total. The molecule has 0 aliphatic carbocycles. The molecule has 1 spiro atoms. The lowest BCUT2D eigenvalue weighted by Crippen LogP contribution is -2.61. The minimum absolute atomic E-state index is 0.00894. The first kappa shape index (κ1) is 35.5. The molecule has 11 heteroatoms. The Morgan fingerprint density at radius 3 is 2.33 bits per heavy atom. The van der Waals surface area contributed by atoms with E-state index in [1.807, 2.05) is 0 Å². The number of ether oxygens (including phenoxy) is 8. The number of aliphatic hydroxyl groups excluding tert-OH is 2. The molecule has 10 fully saturated rings. The molecule has 10 aliphatic rings. The Kier molecular flexibility index (Phi) is 9.59. The number of fused-ring (bicyclic) bond motifs is 6. The summed E-state index contributed by atoms with van der Waals surface area (Å²) in [6.45, 7) is 12.9. The number of aliphatic hydroxyl groups is 2. The van der Waals surface area contributed by atoms with Crippen LogP contribution in [-0.2, 0) is 42.7 Å². The molecule has 2 N–H and O–H groups in total. The van der Waals surface area contributed by atoms with Crippen LogP contribution < -0.4 is 0 Å². The van der Waals surface area contributed by atoms with E-state index in [0.29, 0.717) is 44.4 Å². The van der Waals surface area contributed by atoms with Crippen LogP contribution in [0.5, 0.6) is 0 Å². The second-order valence-corrected chi connectivity index (χ2v) is 17.5. The maximum atomic E-state index is 14.0. The van der Waals surface area contributed by atoms with Gasteiger partial charge in [0.1, 0.15) is 36.3 Å². The molecule has 0 aromatic rings. The summed E-state index contributed by atoms with van der Waals surface area (Å²) in [5.74, 6) is -0.367. The second-order valence-electron chi connectivity index (χ2n) is 17.5. The first-order valence-electron chi connectivity index (χ1n) is 20.0. The van der Waals surface area contributed by atoms with Gasteiger partial charge in [0, 0.05) is 38.5 Å². The number of ketones is 1. The van der Waals surface area contributed by atoms with Crippen molar-refractivity contribution in [2.75, 3.05) is 6.61 Å². The summed E-state index contributed by atoms with van der Waals surface area (Å²) < 4.78 is 53.9. The molecule has 10 saturated heterocycles. The van der Waals surface area contributed by atoms with Crippen molar-refractivity contribution in [1.82, 2.24) is 0 Å². The highest BCUT2D eigenvalue weighted by atomic mass is 16.8. The fourth-order valence-electron chi connectivity index (χ4n) is 11.3. The number of carbonyl (C=O) groups excluding carboxylic acids is 1. The van der Waals surface area contributed by atoms with E-state index in [0.717, 1.165) is 56.1 Å². The van der Waals surface area contributed by atoms with Gasteiger partial charge in [0.15, 0.2) is 5.79 Å². The van der Waals surface area contributed by atoms with Crippen LogP contribution in [0.15, 0.2) is 24.3 Å². The smallest absolute Gasteiger partial charge is 0.172 e. The van der Waals surface area contributed by atoms with Gasteiger partial charge in [-0.15, -0.1) is 0 Å². The Hall–Kier alpha value is -1.25. The monoisotopic (exact) mass is 714 g/mol. The summed E-state index contributed by atoms with van der Waals surface area (Å²) in [6, 6.07) is 0. The van der Waals surface area contributed by atoms with Crippen LogP contribution in [0.3, 0.4) is 0 Å². The fourth-order valence-corrected chi connectivity index (χ4v) is 11.3. The van der Waals surface area contributed by atoms with Crippen molar-refractivity contribution in [2.45, 2.75) is 195 Å². The summed E-state index contributed by atoms with van der Waals surface area (Å²) >= 11 is 0. The van der Waals surface area contributed by atoms with Gasteiger partial charge in [-0.25, -0.2) is 0 Å². The van der Waals surface area contributed by atoms with Crippen LogP contribution in [0, 0.1) is 17.8 Å². The number of hydrogen-bond acceptors (Lipinski definition) is 11. The van der Waals surface area contributed by atoms with Gasteiger partial charge in [0.05, 0.1) is 67.6 Å². The van der Waals surface area contributed by atoms with Crippen LogP contribution in [0.2, 0.25) is 0 Å². The summed E-state index contributed by atoms with van der Waals surface area (Å²) in [7, 11) is 0. The van der Waals surface area contributed by atoms with E-state index in [-0.39, 0.29) is 110 Å². The van der Waals surface area contributed by atoms with Crippen molar-refractivity contribution < 1.29 is 52.9 Å². The Morgan fingerprint density at radius 1 is 0.745 bits per heavy atom. The lowest BCUT2D eigenvalue weighted by Gasteiger charge is -2.47. The Morgan fingerprint density at radius 2 is 1.49 bits per heavy atom. The summed E-state index contributed by atoms with van der Waals surface area (Å²) in [5.41, 5.74) is 2.22. The van der Waals surface area contributed by atoms with Gasteiger partial charge in [-0.1, -0.05) is 27.0 Å². The average molecular weight is 715 g/mol. The van der Waals surface area contributed by atoms with Gasteiger partial charge in [-0.05, 0) is 73.8 Å². The molecule has 10 aliphatic heterocycles. The molecule has 10 rings (SSSR count). The first-order valence-corrected chi connectivity index (χ1v) is 20.0. The highest BCUT2D eigenvalue weighted by molar-refractivity contribution is 5.79. The SMILES string of the molecule is C=C1C2C[C@@H]3O[C@H](C[C@H](O)CO)[C@H](C)C3CC(=O)C[C@H]3CC[C@@H]4O[C@H]5[C@H]6O[C@]7(CC[C@H]8CC(=C)[C@H](CC[C@@H](C[C@H]1C)O2)O8)C[C@H]6O[C@H]5C(O7)[C@H]4O3. The Balaban J connectivity index is 0.986. The van der Waals surface area contributed by atoms with E-state index in [4.69, 9.17) is 37.9 Å². The van der Waals surface area contributed by atoms with Gasteiger partial charge in [-0.2, -0.15) is 0 Å². The maximum absolute atomic E-state index is 14.0. The zero-order valence-corrected chi connectivity index (χ0v) is 30.3. The maximum Gasteiger partial charge on any atom is 0.172 e. The van der Waals surface area contributed by atoms with E-state index in [9.17, 15) is 15.0 Å². The number of hydrogen-bond donors (Lipinski definition) is 2. The van der Waals surface area contributed by atoms with E-state index < -0.39 is 11.9 Å². The van der Waals surface area contributed by atoms with Crippen LogP contribution >= 0.6 is 0 Å². The minimum Gasteiger partial charge on any atom is -0.394 e.